The Kier molecular flexibility index (Phi) is 1.40. The summed E-state index contributed by atoms with van der Waals surface area (Å²) in [4.78, 5) is 10.9. The number of amides is 1. The Hall–Kier alpha value is -1.38. The van der Waals surface area contributed by atoms with Crippen molar-refractivity contribution in [3.05, 3.63) is 29.1 Å². The van der Waals surface area contributed by atoms with Gasteiger partial charge in [0, 0.05) is 5.69 Å². The summed E-state index contributed by atoms with van der Waals surface area (Å²) in [5, 5.41) is 2.59. The van der Waals surface area contributed by atoms with Gasteiger partial charge in [-0.15, -0.1) is 0 Å². The monoisotopic (exact) mass is 165 g/mol. The van der Waals surface area contributed by atoms with Gasteiger partial charge < -0.3 is 5.32 Å². The van der Waals surface area contributed by atoms with E-state index in [0.29, 0.717) is 17.7 Å². The van der Waals surface area contributed by atoms with E-state index in [-0.39, 0.29) is 11.7 Å². The number of fused-ring (bicyclic) bond motifs is 1. The molecular weight excluding hydrogens is 157 g/mol. The van der Waals surface area contributed by atoms with Crippen LogP contribution < -0.4 is 5.32 Å². The van der Waals surface area contributed by atoms with E-state index < -0.39 is 0 Å². The number of rotatable bonds is 0. The summed E-state index contributed by atoms with van der Waals surface area (Å²) in [6.45, 7) is 1.69. The van der Waals surface area contributed by atoms with E-state index in [4.69, 9.17) is 0 Å². The first kappa shape index (κ1) is 7.28. The molecule has 0 saturated carbocycles. The topological polar surface area (TPSA) is 29.1 Å². The van der Waals surface area contributed by atoms with Crippen LogP contribution in [0.2, 0.25) is 0 Å². The van der Waals surface area contributed by atoms with Gasteiger partial charge in [0.25, 0.3) is 0 Å². The van der Waals surface area contributed by atoms with Crippen LogP contribution >= 0.6 is 0 Å². The average molecular weight is 165 g/mol. The van der Waals surface area contributed by atoms with Crippen LogP contribution in [-0.2, 0) is 11.2 Å². The third kappa shape index (κ3) is 0.978. The zero-order chi connectivity index (χ0) is 8.72. The van der Waals surface area contributed by atoms with Crippen LogP contribution in [0.5, 0.6) is 0 Å². The van der Waals surface area contributed by atoms with Crippen LogP contribution in [0.25, 0.3) is 0 Å². The van der Waals surface area contributed by atoms with Crippen LogP contribution in [0.4, 0.5) is 10.1 Å². The minimum absolute atomic E-state index is 0.0602. The van der Waals surface area contributed by atoms with Crippen molar-refractivity contribution in [1.29, 1.82) is 0 Å². The number of hydrogen-bond acceptors (Lipinski definition) is 1. The minimum atomic E-state index is -0.268. The third-order valence-electron chi connectivity index (χ3n) is 2.01. The predicted octanol–water partition coefficient (Wildman–Crippen LogP) is 1.63. The zero-order valence-electron chi connectivity index (χ0n) is 6.65. The average Bonchev–Trinajstić information content (AvgIpc) is 2.30. The number of carbonyl (C=O) groups excluding carboxylic acids is 1. The molecule has 12 heavy (non-hydrogen) atoms. The second kappa shape index (κ2) is 2.30. The summed E-state index contributed by atoms with van der Waals surface area (Å²) in [5.41, 5.74) is 2.09. The Morgan fingerprint density at radius 1 is 1.50 bits per heavy atom. The number of halogens is 1. The molecule has 0 unspecified atom stereocenters. The van der Waals surface area contributed by atoms with Gasteiger partial charge in [0.1, 0.15) is 5.82 Å². The maximum atomic E-state index is 12.9. The van der Waals surface area contributed by atoms with Crippen LogP contribution in [0.3, 0.4) is 0 Å². The smallest absolute Gasteiger partial charge is 0.228 e. The molecular formula is C9H8FNO. The lowest BCUT2D eigenvalue weighted by Crippen LogP contribution is -2.03. The molecule has 1 aromatic rings. The summed E-state index contributed by atoms with van der Waals surface area (Å²) >= 11 is 0. The van der Waals surface area contributed by atoms with Gasteiger partial charge in [-0.1, -0.05) is 6.07 Å². The quantitative estimate of drug-likeness (QED) is 0.622. The highest BCUT2D eigenvalue weighted by Gasteiger charge is 2.18. The highest BCUT2D eigenvalue weighted by molar-refractivity contribution is 5.99. The van der Waals surface area contributed by atoms with Crippen molar-refractivity contribution in [1.82, 2.24) is 0 Å². The second-order valence-corrected chi connectivity index (χ2v) is 2.98. The van der Waals surface area contributed by atoms with E-state index in [1.54, 1.807) is 13.0 Å². The lowest BCUT2D eigenvalue weighted by molar-refractivity contribution is -0.115. The lowest BCUT2D eigenvalue weighted by Gasteiger charge is -2.00. The van der Waals surface area contributed by atoms with Crippen molar-refractivity contribution in [3.8, 4) is 0 Å². The first-order valence-electron chi connectivity index (χ1n) is 3.75. The van der Waals surface area contributed by atoms with E-state index in [1.807, 2.05) is 0 Å². The van der Waals surface area contributed by atoms with Gasteiger partial charge in [-0.05, 0) is 24.1 Å². The molecule has 0 bridgehead atoms. The maximum Gasteiger partial charge on any atom is 0.228 e. The molecule has 1 heterocycles. The standard InChI is InChI=1S/C9H8FNO/c1-5-2-6-3-9(12)11-8(6)4-7(5)10/h2,4H,3H2,1H3,(H,11,12). The number of carbonyl (C=O) groups is 1. The molecule has 1 N–H and O–H groups in total. The molecule has 1 aliphatic heterocycles. The fourth-order valence-corrected chi connectivity index (χ4v) is 1.37. The molecule has 0 fully saturated rings. The van der Waals surface area contributed by atoms with Gasteiger partial charge >= 0.3 is 0 Å². The first-order valence-corrected chi connectivity index (χ1v) is 3.75. The molecule has 1 aliphatic rings. The highest BCUT2D eigenvalue weighted by Crippen LogP contribution is 2.25. The maximum absolute atomic E-state index is 12.9. The van der Waals surface area contributed by atoms with Gasteiger partial charge in [0.05, 0.1) is 6.42 Å². The summed E-state index contributed by atoms with van der Waals surface area (Å²) in [5.74, 6) is -0.328. The minimum Gasteiger partial charge on any atom is -0.325 e. The van der Waals surface area contributed by atoms with Crippen molar-refractivity contribution < 1.29 is 9.18 Å². The van der Waals surface area contributed by atoms with Gasteiger partial charge in [-0.2, -0.15) is 0 Å². The van der Waals surface area contributed by atoms with Crippen LogP contribution in [0.15, 0.2) is 12.1 Å². The molecule has 0 radical (unpaired) electrons. The number of anilines is 1. The molecule has 0 aliphatic carbocycles. The second-order valence-electron chi connectivity index (χ2n) is 2.98. The first-order chi connectivity index (χ1) is 5.66. The largest absolute Gasteiger partial charge is 0.325 e. The van der Waals surface area contributed by atoms with Crippen LogP contribution in [-0.4, -0.2) is 5.91 Å². The number of nitrogens with one attached hydrogen (secondary N) is 1. The van der Waals surface area contributed by atoms with Crippen molar-refractivity contribution in [2.45, 2.75) is 13.3 Å². The lowest BCUT2D eigenvalue weighted by atomic mass is 10.1. The SMILES string of the molecule is Cc1cc2c(cc1F)NC(=O)C2. The Balaban J connectivity index is 2.55. The van der Waals surface area contributed by atoms with Gasteiger partial charge in [-0.25, -0.2) is 4.39 Å². The summed E-state index contributed by atoms with van der Waals surface area (Å²) in [7, 11) is 0. The molecule has 1 aromatic carbocycles. The Bertz CT molecular complexity index is 327. The van der Waals surface area contributed by atoms with Gasteiger partial charge in [0.2, 0.25) is 5.91 Å². The van der Waals surface area contributed by atoms with Gasteiger partial charge in [-0.3, -0.25) is 4.79 Å². The molecule has 0 atom stereocenters. The molecule has 62 valence electrons. The Morgan fingerprint density at radius 2 is 2.25 bits per heavy atom. The van der Waals surface area contributed by atoms with Gasteiger partial charge in [0.15, 0.2) is 0 Å². The van der Waals surface area contributed by atoms with Crippen molar-refractivity contribution in [2.75, 3.05) is 5.32 Å². The molecule has 1 amide bonds. The third-order valence-corrected chi connectivity index (χ3v) is 2.01. The predicted molar refractivity (Wildman–Crippen MR) is 43.5 cm³/mol. The van der Waals surface area contributed by atoms with Crippen LogP contribution in [0.1, 0.15) is 11.1 Å². The summed E-state index contributed by atoms with van der Waals surface area (Å²) < 4.78 is 12.9. The number of aryl methyl sites for hydroxylation is 1. The summed E-state index contributed by atoms with van der Waals surface area (Å²) in [6.07, 6.45) is 0.371. The normalized spacial score (nSPS) is 14.3. The van der Waals surface area contributed by atoms with E-state index in [9.17, 15) is 9.18 Å². The fraction of sp³-hybridized carbons (Fsp3) is 0.222. The molecule has 2 rings (SSSR count). The fourth-order valence-electron chi connectivity index (χ4n) is 1.37. The molecule has 0 spiro atoms. The van der Waals surface area contributed by atoms with E-state index >= 15 is 0 Å². The summed E-state index contributed by atoms with van der Waals surface area (Å²) in [6, 6.07) is 3.08. The zero-order valence-corrected chi connectivity index (χ0v) is 6.65. The van der Waals surface area contributed by atoms with E-state index in [2.05, 4.69) is 5.32 Å². The Labute approximate surface area is 69.4 Å². The van der Waals surface area contributed by atoms with E-state index in [1.165, 1.54) is 6.07 Å². The molecule has 0 saturated heterocycles. The molecule has 2 nitrogen and oxygen atoms in total. The molecule has 0 aromatic heterocycles. The Morgan fingerprint density at radius 3 is 3.00 bits per heavy atom. The molecule has 3 heteroatoms. The number of benzene rings is 1. The highest BCUT2D eigenvalue weighted by atomic mass is 19.1. The van der Waals surface area contributed by atoms with E-state index in [0.717, 1.165) is 5.56 Å². The van der Waals surface area contributed by atoms with Crippen LogP contribution in [0, 0.1) is 12.7 Å². The number of hydrogen-bond donors (Lipinski definition) is 1. The van der Waals surface area contributed by atoms with Crippen molar-refractivity contribution in [3.63, 3.8) is 0 Å². The van der Waals surface area contributed by atoms with Crippen molar-refractivity contribution in [2.24, 2.45) is 0 Å². The van der Waals surface area contributed by atoms with Crippen molar-refractivity contribution >= 4 is 11.6 Å².